The molecule has 0 radical (unpaired) electrons. The molecule has 33 heavy (non-hydrogen) atoms. The molecule has 3 atom stereocenters. The first-order valence-electron chi connectivity index (χ1n) is 11.8. The average Bonchev–Trinajstić information content (AvgIpc) is 3.57. The summed E-state index contributed by atoms with van der Waals surface area (Å²) in [6.07, 6.45) is 8.34. The van der Waals surface area contributed by atoms with Crippen LogP contribution in [0.15, 0.2) is 6.33 Å². The van der Waals surface area contributed by atoms with Gasteiger partial charge in [0.25, 0.3) is 0 Å². The van der Waals surface area contributed by atoms with Crippen molar-refractivity contribution in [1.29, 1.82) is 0 Å². The van der Waals surface area contributed by atoms with Crippen LogP contribution in [0.1, 0.15) is 56.9 Å². The molecule has 4 aliphatic rings. The van der Waals surface area contributed by atoms with E-state index in [0.717, 1.165) is 25.7 Å². The van der Waals surface area contributed by atoms with Gasteiger partial charge in [-0.05, 0) is 45.4 Å². The molecule has 3 aliphatic heterocycles. The summed E-state index contributed by atoms with van der Waals surface area (Å²) in [6.45, 7) is 2.72. The minimum atomic E-state index is -3.18. The molecule has 1 unspecified atom stereocenters. The van der Waals surface area contributed by atoms with E-state index in [-0.39, 0.29) is 29.5 Å². The zero-order valence-electron chi connectivity index (χ0n) is 19.1. The Morgan fingerprint density at radius 2 is 1.39 bits per heavy atom. The summed E-state index contributed by atoms with van der Waals surface area (Å²) in [7, 11) is -6.36. The first-order chi connectivity index (χ1) is 15.6. The highest BCUT2D eigenvalue weighted by molar-refractivity contribution is 7.90. The number of aromatic nitrogens is 2. The highest BCUT2D eigenvalue weighted by Gasteiger charge is 2.52. The SMILES string of the molecule is Cc1c(OC2CCN(S(C)(=O)=O)CC2)ncnc1OC1C[C@H]2CC[C@@H](C1)N2S(=O)(=O)C1CC1. The first-order valence-corrected chi connectivity index (χ1v) is 15.1. The highest BCUT2D eigenvalue weighted by atomic mass is 32.2. The van der Waals surface area contributed by atoms with Gasteiger partial charge < -0.3 is 9.47 Å². The van der Waals surface area contributed by atoms with Crippen molar-refractivity contribution in [3.63, 3.8) is 0 Å². The van der Waals surface area contributed by atoms with Crippen molar-refractivity contribution in [2.75, 3.05) is 19.3 Å². The second-order valence-electron chi connectivity index (χ2n) is 9.76. The summed E-state index contributed by atoms with van der Waals surface area (Å²) >= 11 is 0. The molecule has 3 saturated heterocycles. The van der Waals surface area contributed by atoms with Crippen molar-refractivity contribution in [3.05, 3.63) is 11.9 Å². The topological polar surface area (TPSA) is 119 Å². The number of nitrogens with zero attached hydrogens (tertiary/aromatic N) is 4. The minimum absolute atomic E-state index is 0.0113. The number of hydrogen-bond donors (Lipinski definition) is 0. The maximum atomic E-state index is 12.8. The van der Waals surface area contributed by atoms with E-state index in [9.17, 15) is 16.8 Å². The maximum absolute atomic E-state index is 12.8. The fourth-order valence-electron chi connectivity index (χ4n) is 5.39. The Kier molecular flexibility index (Phi) is 6.07. The molecule has 1 aromatic heterocycles. The van der Waals surface area contributed by atoms with Crippen LogP contribution in [-0.2, 0) is 20.0 Å². The van der Waals surface area contributed by atoms with Gasteiger partial charge in [0.1, 0.15) is 18.5 Å². The molecule has 4 heterocycles. The molecule has 12 heteroatoms. The number of fused-ring (bicyclic) bond motifs is 2. The summed E-state index contributed by atoms with van der Waals surface area (Å²) in [6, 6.07) is 0.0227. The van der Waals surface area contributed by atoms with Crippen LogP contribution >= 0.6 is 0 Å². The van der Waals surface area contributed by atoms with E-state index in [4.69, 9.17) is 9.47 Å². The van der Waals surface area contributed by atoms with E-state index in [1.807, 2.05) is 6.92 Å². The molecular weight excluding hydrogens is 468 g/mol. The van der Waals surface area contributed by atoms with Crippen molar-refractivity contribution < 1.29 is 26.3 Å². The number of hydrogen-bond acceptors (Lipinski definition) is 8. The molecule has 4 fully saturated rings. The van der Waals surface area contributed by atoms with Crippen LogP contribution < -0.4 is 9.47 Å². The summed E-state index contributed by atoms with van der Waals surface area (Å²) in [5, 5.41) is -0.175. The van der Waals surface area contributed by atoms with Crippen LogP contribution in [0.5, 0.6) is 11.8 Å². The molecule has 0 spiro atoms. The van der Waals surface area contributed by atoms with Gasteiger partial charge in [0.15, 0.2) is 0 Å². The summed E-state index contributed by atoms with van der Waals surface area (Å²) in [4.78, 5) is 8.59. The van der Waals surface area contributed by atoms with Gasteiger partial charge in [-0.3, -0.25) is 0 Å². The Bertz CT molecular complexity index is 1090. The van der Waals surface area contributed by atoms with Crippen LogP contribution in [0, 0.1) is 6.92 Å². The molecular formula is C21H32N4O6S2. The van der Waals surface area contributed by atoms with E-state index < -0.39 is 20.0 Å². The molecule has 10 nitrogen and oxygen atoms in total. The molecule has 0 amide bonds. The largest absolute Gasteiger partial charge is 0.474 e. The third kappa shape index (κ3) is 4.71. The van der Waals surface area contributed by atoms with Gasteiger partial charge in [0, 0.05) is 38.0 Å². The predicted molar refractivity (Wildman–Crippen MR) is 121 cm³/mol. The predicted octanol–water partition coefficient (Wildman–Crippen LogP) is 1.45. The molecule has 1 aliphatic carbocycles. The maximum Gasteiger partial charge on any atom is 0.223 e. The van der Waals surface area contributed by atoms with Gasteiger partial charge in [-0.25, -0.2) is 31.1 Å². The van der Waals surface area contributed by atoms with E-state index in [0.29, 0.717) is 56.1 Å². The summed E-state index contributed by atoms with van der Waals surface area (Å²) in [5.74, 6) is 0.922. The Morgan fingerprint density at radius 1 is 0.848 bits per heavy atom. The van der Waals surface area contributed by atoms with Crippen LogP contribution in [0.25, 0.3) is 0 Å². The molecule has 5 rings (SSSR count). The van der Waals surface area contributed by atoms with Gasteiger partial charge in [-0.2, -0.15) is 4.31 Å². The van der Waals surface area contributed by atoms with Crippen LogP contribution in [0.4, 0.5) is 0 Å². The molecule has 2 bridgehead atoms. The quantitative estimate of drug-likeness (QED) is 0.552. The van der Waals surface area contributed by atoms with Gasteiger partial charge >= 0.3 is 0 Å². The Labute approximate surface area is 195 Å². The number of sulfonamides is 2. The van der Waals surface area contributed by atoms with Gasteiger partial charge in [-0.15, -0.1) is 0 Å². The lowest BCUT2D eigenvalue weighted by Crippen LogP contribution is -2.50. The van der Waals surface area contributed by atoms with E-state index in [1.165, 1.54) is 16.9 Å². The average molecular weight is 501 g/mol. The highest BCUT2D eigenvalue weighted by Crippen LogP contribution is 2.43. The Hall–Kier alpha value is -1.50. The lowest BCUT2D eigenvalue weighted by atomic mass is 10.0. The fourth-order valence-corrected chi connectivity index (χ4v) is 8.55. The molecule has 0 N–H and O–H groups in total. The third-order valence-electron chi connectivity index (χ3n) is 7.28. The third-order valence-corrected chi connectivity index (χ3v) is 11.1. The monoisotopic (exact) mass is 500 g/mol. The van der Waals surface area contributed by atoms with E-state index in [1.54, 1.807) is 4.31 Å². The van der Waals surface area contributed by atoms with Gasteiger partial charge in [0.05, 0.1) is 17.1 Å². The van der Waals surface area contributed by atoms with Crippen molar-refractivity contribution in [2.45, 2.75) is 87.8 Å². The van der Waals surface area contributed by atoms with E-state index in [2.05, 4.69) is 9.97 Å². The van der Waals surface area contributed by atoms with Crippen LogP contribution in [-0.4, -0.2) is 84.3 Å². The van der Waals surface area contributed by atoms with Crippen molar-refractivity contribution >= 4 is 20.0 Å². The molecule has 184 valence electrons. The smallest absolute Gasteiger partial charge is 0.223 e. The standard InChI is InChI=1S/C21H32N4O6S2/c1-14-20(30-17-7-9-24(10-8-17)32(2,26)27)22-13-23-21(14)31-18-11-15-3-4-16(12-18)25(15)33(28,29)19-5-6-19/h13,15-19H,3-12H2,1-2H3/t15-,16+,18?. The van der Waals surface area contributed by atoms with Crippen molar-refractivity contribution in [3.8, 4) is 11.8 Å². The summed E-state index contributed by atoms with van der Waals surface area (Å²) < 4.78 is 64.7. The van der Waals surface area contributed by atoms with E-state index >= 15 is 0 Å². The molecule has 0 aromatic carbocycles. The lowest BCUT2D eigenvalue weighted by Gasteiger charge is -2.38. The van der Waals surface area contributed by atoms with Crippen molar-refractivity contribution in [2.24, 2.45) is 0 Å². The zero-order valence-corrected chi connectivity index (χ0v) is 20.7. The minimum Gasteiger partial charge on any atom is -0.474 e. The Balaban J connectivity index is 1.22. The molecule has 1 saturated carbocycles. The van der Waals surface area contributed by atoms with Crippen molar-refractivity contribution in [1.82, 2.24) is 18.6 Å². The molecule has 1 aromatic rings. The summed E-state index contributed by atoms with van der Waals surface area (Å²) in [5.41, 5.74) is 0.712. The lowest BCUT2D eigenvalue weighted by molar-refractivity contribution is 0.0891. The Morgan fingerprint density at radius 3 is 1.91 bits per heavy atom. The van der Waals surface area contributed by atoms with Gasteiger partial charge in [0.2, 0.25) is 31.8 Å². The van der Waals surface area contributed by atoms with Crippen LogP contribution in [0.2, 0.25) is 0 Å². The van der Waals surface area contributed by atoms with Crippen LogP contribution in [0.3, 0.4) is 0 Å². The number of rotatable bonds is 7. The second kappa shape index (κ2) is 8.62. The first kappa shape index (κ1) is 23.3. The second-order valence-corrected chi connectivity index (χ2v) is 13.9. The van der Waals surface area contributed by atoms with Gasteiger partial charge in [-0.1, -0.05) is 0 Å². The fraction of sp³-hybridized carbons (Fsp3) is 0.810. The zero-order chi connectivity index (χ0) is 23.4. The number of piperidine rings is 2. The normalized spacial score (nSPS) is 29.8. The number of ether oxygens (including phenoxy) is 2.